The summed E-state index contributed by atoms with van der Waals surface area (Å²) in [4.78, 5) is 36.7. The Morgan fingerprint density at radius 3 is 2.70 bits per heavy atom. The number of carboxylic acid groups (broad SMARTS) is 1. The Bertz CT molecular complexity index is 1450. The number of fused-ring (bicyclic) bond motifs is 3. The highest BCUT2D eigenvalue weighted by Crippen LogP contribution is 2.36. The quantitative estimate of drug-likeness (QED) is 0.277. The van der Waals surface area contributed by atoms with Crippen LogP contribution < -0.4 is 15.4 Å². The Balaban J connectivity index is 0.953. The van der Waals surface area contributed by atoms with Crippen molar-refractivity contribution in [3.63, 3.8) is 0 Å². The Morgan fingerprint density at radius 2 is 1.95 bits per heavy atom. The van der Waals surface area contributed by atoms with E-state index in [9.17, 15) is 19.8 Å². The Morgan fingerprint density at radius 1 is 1.14 bits per heavy atom. The number of aromatic nitrogens is 2. The monoisotopic (exact) mass is 590 g/mol. The van der Waals surface area contributed by atoms with Crippen molar-refractivity contribution in [1.29, 1.82) is 0 Å². The lowest BCUT2D eigenvalue weighted by atomic mass is 9.97. The lowest BCUT2D eigenvalue weighted by molar-refractivity contribution is 0.0841. The van der Waals surface area contributed by atoms with Crippen molar-refractivity contribution in [3.05, 3.63) is 71.1 Å². The SMILES string of the molecule is Cc1ncoc1COc1ccc2c(c1)CCN(CC(O)CNC(=O)c1ccnc(NC3C[C@H]4CC[C@@H](C3)N4C(=O)O)c1)C2. The first-order chi connectivity index (χ1) is 20.8. The maximum Gasteiger partial charge on any atom is 0.407 e. The molecule has 4 atom stereocenters. The average Bonchev–Trinajstić information content (AvgIpc) is 3.54. The van der Waals surface area contributed by atoms with Crippen LogP contribution >= 0.6 is 0 Å². The molecular formula is C31H38N6O6. The summed E-state index contributed by atoms with van der Waals surface area (Å²) in [5, 5.41) is 26.4. The van der Waals surface area contributed by atoms with Crippen molar-refractivity contribution in [2.45, 2.75) is 76.4 Å². The number of oxazole rings is 1. The van der Waals surface area contributed by atoms with E-state index in [1.54, 1.807) is 23.2 Å². The minimum Gasteiger partial charge on any atom is -0.486 e. The number of benzene rings is 1. The zero-order valence-corrected chi connectivity index (χ0v) is 24.2. The number of rotatable bonds is 10. The van der Waals surface area contributed by atoms with Crippen molar-refractivity contribution in [3.8, 4) is 5.75 Å². The van der Waals surface area contributed by atoms with Crippen LogP contribution in [-0.4, -0.2) is 85.8 Å². The van der Waals surface area contributed by atoms with E-state index in [1.807, 2.05) is 13.0 Å². The maximum atomic E-state index is 12.9. The van der Waals surface area contributed by atoms with Crippen LogP contribution in [0.3, 0.4) is 0 Å². The zero-order valence-electron chi connectivity index (χ0n) is 24.2. The van der Waals surface area contributed by atoms with Gasteiger partial charge in [-0.2, -0.15) is 0 Å². The van der Waals surface area contributed by atoms with Crippen LogP contribution in [0.2, 0.25) is 0 Å². The number of ether oxygens (including phenoxy) is 1. The standard InChI is InChI=1S/C31H38N6O6/c1-19-28(43-18-34-19)17-42-27-5-2-22-15-36(9-7-20(22)10-27)16-26(38)14-33-30(39)21-6-8-32-29(11-21)35-23-12-24-3-4-25(13-23)37(24)31(40)41/h2,5-6,8,10-11,18,23-26,38H,3-4,7,9,12-17H2,1H3,(H,32,35)(H,33,39)(H,40,41)/t23?,24-,25+,26?. The molecule has 3 aliphatic heterocycles. The number of nitrogens with zero attached hydrogens (tertiary/aromatic N) is 4. The number of aliphatic hydroxyl groups excluding tert-OH is 1. The predicted octanol–water partition coefficient (Wildman–Crippen LogP) is 3.19. The molecule has 2 unspecified atom stereocenters. The first-order valence-corrected chi connectivity index (χ1v) is 14.9. The van der Waals surface area contributed by atoms with E-state index in [2.05, 4.69) is 37.6 Å². The van der Waals surface area contributed by atoms with Crippen LogP contribution in [0.15, 0.2) is 47.3 Å². The number of carbonyl (C=O) groups excluding carboxylic acids is 1. The average molecular weight is 591 g/mol. The molecule has 2 amide bonds. The fourth-order valence-corrected chi connectivity index (χ4v) is 6.59. The van der Waals surface area contributed by atoms with E-state index in [0.717, 1.165) is 50.1 Å². The number of pyridine rings is 1. The van der Waals surface area contributed by atoms with E-state index in [-0.39, 0.29) is 30.6 Å². The van der Waals surface area contributed by atoms with Gasteiger partial charge in [-0.05, 0) is 74.4 Å². The van der Waals surface area contributed by atoms with Gasteiger partial charge in [0.05, 0.1) is 11.8 Å². The summed E-state index contributed by atoms with van der Waals surface area (Å²) in [6.45, 7) is 4.32. The smallest absolute Gasteiger partial charge is 0.407 e. The van der Waals surface area contributed by atoms with Gasteiger partial charge in [-0.3, -0.25) is 9.69 Å². The number of anilines is 1. The molecule has 2 fully saturated rings. The molecule has 4 N–H and O–H groups in total. The summed E-state index contributed by atoms with van der Waals surface area (Å²) in [5.41, 5.74) is 3.71. The van der Waals surface area contributed by atoms with Crippen LogP contribution in [0.25, 0.3) is 0 Å². The summed E-state index contributed by atoms with van der Waals surface area (Å²) in [5.74, 6) is 1.82. The van der Waals surface area contributed by atoms with E-state index >= 15 is 0 Å². The van der Waals surface area contributed by atoms with Crippen LogP contribution in [0.1, 0.15) is 58.6 Å². The van der Waals surface area contributed by atoms with Gasteiger partial charge in [-0.25, -0.2) is 14.8 Å². The Labute approximate surface area is 250 Å². The number of β-amino-alcohol motifs (C(OH)–C–C–N with tert-alkyl or cyclic N) is 1. The number of amides is 2. The highest BCUT2D eigenvalue weighted by Gasteiger charge is 2.43. The van der Waals surface area contributed by atoms with Gasteiger partial charge in [-0.1, -0.05) is 6.07 Å². The fraction of sp³-hybridized carbons (Fsp3) is 0.484. The van der Waals surface area contributed by atoms with Crippen molar-refractivity contribution in [2.75, 3.05) is 25.0 Å². The molecule has 2 saturated heterocycles. The van der Waals surface area contributed by atoms with E-state index in [1.165, 1.54) is 17.5 Å². The van der Waals surface area contributed by atoms with Gasteiger partial charge < -0.3 is 34.9 Å². The fourth-order valence-electron chi connectivity index (χ4n) is 6.59. The second-order valence-corrected chi connectivity index (χ2v) is 11.7. The summed E-state index contributed by atoms with van der Waals surface area (Å²) in [6.07, 6.45) is 5.53. The number of piperidine rings is 1. The van der Waals surface area contributed by atoms with Crippen LogP contribution in [0, 0.1) is 6.92 Å². The number of hydrogen-bond donors (Lipinski definition) is 4. The molecule has 228 valence electrons. The predicted molar refractivity (Wildman–Crippen MR) is 157 cm³/mol. The summed E-state index contributed by atoms with van der Waals surface area (Å²) >= 11 is 0. The van der Waals surface area contributed by atoms with E-state index in [0.29, 0.717) is 36.8 Å². The molecular weight excluding hydrogens is 552 g/mol. The molecule has 0 saturated carbocycles. The molecule has 43 heavy (non-hydrogen) atoms. The largest absolute Gasteiger partial charge is 0.486 e. The third-order valence-electron chi connectivity index (χ3n) is 8.78. The first kappa shape index (κ1) is 28.9. The molecule has 6 rings (SSSR count). The number of aliphatic hydroxyl groups is 1. The first-order valence-electron chi connectivity index (χ1n) is 14.9. The summed E-state index contributed by atoms with van der Waals surface area (Å²) in [6, 6.07) is 9.60. The topological polar surface area (TPSA) is 153 Å². The maximum absolute atomic E-state index is 12.9. The van der Waals surface area contributed by atoms with Gasteiger partial charge in [-0.15, -0.1) is 0 Å². The molecule has 5 heterocycles. The van der Waals surface area contributed by atoms with Crippen LogP contribution in [0.5, 0.6) is 5.75 Å². The highest BCUT2D eigenvalue weighted by molar-refractivity contribution is 5.94. The summed E-state index contributed by atoms with van der Waals surface area (Å²) in [7, 11) is 0. The van der Waals surface area contributed by atoms with Gasteiger partial charge in [0.1, 0.15) is 18.2 Å². The normalized spacial score (nSPS) is 22.1. The molecule has 3 aliphatic rings. The summed E-state index contributed by atoms with van der Waals surface area (Å²) < 4.78 is 11.2. The molecule has 0 spiro atoms. The van der Waals surface area contributed by atoms with Gasteiger partial charge in [0, 0.05) is 56.1 Å². The highest BCUT2D eigenvalue weighted by atomic mass is 16.5. The number of carbonyl (C=O) groups is 2. The molecule has 0 aliphatic carbocycles. The van der Waals surface area contributed by atoms with Crippen molar-refractivity contribution >= 4 is 17.8 Å². The third-order valence-corrected chi connectivity index (χ3v) is 8.78. The van der Waals surface area contributed by atoms with Gasteiger partial charge in [0.15, 0.2) is 12.2 Å². The Hall–Kier alpha value is -4.16. The van der Waals surface area contributed by atoms with Crippen molar-refractivity contribution < 1.29 is 29.0 Å². The van der Waals surface area contributed by atoms with Gasteiger partial charge in [0.25, 0.3) is 5.91 Å². The lowest BCUT2D eigenvalue weighted by Crippen LogP contribution is -2.49. The van der Waals surface area contributed by atoms with Crippen LogP contribution in [-0.2, 0) is 19.6 Å². The Kier molecular flexibility index (Phi) is 8.48. The second kappa shape index (κ2) is 12.6. The van der Waals surface area contributed by atoms with Crippen molar-refractivity contribution in [2.24, 2.45) is 0 Å². The number of aryl methyl sites for hydroxylation is 1. The molecule has 3 aromatic rings. The van der Waals surface area contributed by atoms with Crippen molar-refractivity contribution in [1.82, 2.24) is 25.1 Å². The minimum atomic E-state index is -0.843. The molecule has 12 heteroatoms. The van der Waals surface area contributed by atoms with Crippen LogP contribution in [0.4, 0.5) is 10.6 Å². The van der Waals surface area contributed by atoms with Gasteiger partial charge in [0.2, 0.25) is 0 Å². The molecule has 2 bridgehead atoms. The molecule has 0 radical (unpaired) electrons. The van der Waals surface area contributed by atoms with E-state index in [4.69, 9.17) is 9.15 Å². The van der Waals surface area contributed by atoms with E-state index < -0.39 is 12.2 Å². The number of nitrogens with one attached hydrogen (secondary N) is 2. The molecule has 2 aromatic heterocycles. The minimum absolute atomic E-state index is 0.0294. The number of hydrogen-bond acceptors (Lipinski definition) is 9. The zero-order chi connectivity index (χ0) is 29.9. The second-order valence-electron chi connectivity index (χ2n) is 11.7. The molecule has 12 nitrogen and oxygen atoms in total. The molecule has 1 aromatic carbocycles. The van der Waals surface area contributed by atoms with Gasteiger partial charge >= 0.3 is 6.09 Å². The third kappa shape index (κ3) is 6.75. The lowest BCUT2D eigenvalue weighted by Gasteiger charge is -2.37.